The normalized spacial score (nSPS) is 16.5. The molecule has 3 aromatic carbocycles. The van der Waals surface area contributed by atoms with Crippen molar-refractivity contribution in [3.8, 4) is 38.8 Å². The summed E-state index contributed by atoms with van der Waals surface area (Å²) in [6.07, 6.45) is 4.68. The van der Waals surface area contributed by atoms with Crippen LogP contribution in [-0.4, -0.2) is 116 Å². The molecule has 0 spiro atoms. The fourth-order valence-electron chi connectivity index (χ4n) is 9.80. The summed E-state index contributed by atoms with van der Waals surface area (Å²) in [6, 6.07) is 29.9. The molecule has 0 bridgehead atoms. The number of carbonyl (C=O) groups is 4. The Morgan fingerprint density at radius 2 is 1.65 bits per heavy atom. The Morgan fingerprint density at radius 3 is 2.36 bits per heavy atom. The van der Waals surface area contributed by atoms with Gasteiger partial charge in [-0.1, -0.05) is 75.4 Å². The van der Waals surface area contributed by atoms with Crippen LogP contribution in [0.3, 0.4) is 0 Å². The minimum atomic E-state index is -0.992. The number of aromatic nitrogens is 5. The van der Waals surface area contributed by atoms with Crippen molar-refractivity contribution in [1.82, 2.24) is 45.4 Å². The molecule has 1 aliphatic heterocycles. The summed E-state index contributed by atoms with van der Waals surface area (Å²) in [4.78, 5) is 74.7. The van der Waals surface area contributed by atoms with Crippen LogP contribution in [0.25, 0.3) is 49.9 Å². The second-order valence-electron chi connectivity index (χ2n) is 21.0. The maximum Gasteiger partial charge on any atom is 0.246 e. The van der Waals surface area contributed by atoms with E-state index in [1.165, 1.54) is 4.90 Å². The number of rotatable bonds is 21. The average Bonchev–Trinajstić information content (AvgIpc) is 4.15. The molecule has 2 fully saturated rings. The second kappa shape index (κ2) is 23.9. The molecule has 9 rings (SSSR count). The number of benzene rings is 3. The largest absolute Gasteiger partial charge is 0.391 e. The van der Waals surface area contributed by atoms with Crippen molar-refractivity contribution in [2.45, 2.75) is 96.5 Å². The van der Waals surface area contributed by atoms with Gasteiger partial charge < -0.3 is 46.9 Å². The number of aliphatic hydroxyl groups is 1. The van der Waals surface area contributed by atoms with Gasteiger partial charge in [-0.25, -0.2) is 19.9 Å². The fourth-order valence-corrected chi connectivity index (χ4v) is 10.6. The number of aliphatic hydroxyl groups excluding tert-OH is 1. The number of likely N-dealkylation sites (tertiary alicyclic amines) is 1. The van der Waals surface area contributed by atoms with Gasteiger partial charge in [-0.2, -0.15) is 0 Å². The highest BCUT2D eigenvalue weighted by Crippen LogP contribution is 2.40. The highest BCUT2D eigenvalue weighted by Gasteiger charge is 2.44. The molecule has 402 valence electrons. The molecular formula is C58H67N11O7S. The van der Waals surface area contributed by atoms with Gasteiger partial charge in [0, 0.05) is 55.5 Å². The zero-order valence-corrected chi connectivity index (χ0v) is 44.8. The molecule has 4 amide bonds. The van der Waals surface area contributed by atoms with Crippen LogP contribution in [0.15, 0.2) is 109 Å². The Labute approximate surface area is 452 Å². The van der Waals surface area contributed by atoms with Crippen molar-refractivity contribution in [2.24, 2.45) is 11.1 Å². The minimum absolute atomic E-state index is 0.0324. The van der Waals surface area contributed by atoms with E-state index in [1.807, 2.05) is 111 Å². The second-order valence-corrected chi connectivity index (χ2v) is 21.8. The average molecular weight is 1060 g/mol. The lowest BCUT2D eigenvalue weighted by Gasteiger charge is -2.38. The number of fused-ring (bicyclic) bond motifs is 1. The maximum absolute atomic E-state index is 14.0. The van der Waals surface area contributed by atoms with E-state index in [-0.39, 0.29) is 69.7 Å². The first-order chi connectivity index (χ1) is 37.0. The third kappa shape index (κ3) is 12.9. The summed E-state index contributed by atoms with van der Waals surface area (Å²) in [5.41, 5.74) is 23.4. The number of thiazole rings is 1. The summed E-state index contributed by atoms with van der Waals surface area (Å²) >= 11 is 1.57. The molecule has 77 heavy (non-hydrogen) atoms. The van der Waals surface area contributed by atoms with E-state index in [9.17, 15) is 24.3 Å². The monoisotopic (exact) mass is 1060 g/mol. The predicted molar refractivity (Wildman–Crippen MR) is 296 cm³/mol. The number of carbonyl (C=O) groups excluding carboxylic acids is 4. The molecule has 19 heteroatoms. The molecule has 1 aliphatic carbocycles. The summed E-state index contributed by atoms with van der Waals surface area (Å²) in [5.74, 6) is -0.477. The third-order valence-corrected chi connectivity index (χ3v) is 15.3. The quantitative estimate of drug-likeness (QED) is 0.0427. The number of nitrogens with two attached hydrogens (primary N) is 2. The van der Waals surface area contributed by atoms with Crippen molar-refractivity contribution in [3.63, 3.8) is 0 Å². The SMILES string of the molecule is Cc1ncsc1-c1ccc(CNC(=O)[C@@H]2C[C@@H](O)CN2C(=O)[C@@H](NC(=O)COCCOCCNC(=O)CCc2cccc(-c3ccc4nc(-c5cccnc5N)n(-c5ccc(C6(N)CCC6)cc5)c4n3)c2)C(C)(C)C)cc1. The molecule has 7 aromatic rings. The van der Waals surface area contributed by atoms with Gasteiger partial charge in [0.05, 0.1) is 53.3 Å². The Hall–Kier alpha value is -7.42. The molecule has 5 heterocycles. The van der Waals surface area contributed by atoms with E-state index in [0.717, 1.165) is 69.0 Å². The number of nitrogens with one attached hydrogen (secondary N) is 3. The van der Waals surface area contributed by atoms with Crippen LogP contribution in [0.1, 0.15) is 75.3 Å². The summed E-state index contributed by atoms with van der Waals surface area (Å²) in [6.45, 7) is 8.13. The van der Waals surface area contributed by atoms with Crippen molar-refractivity contribution in [2.75, 3.05) is 45.3 Å². The van der Waals surface area contributed by atoms with Gasteiger partial charge in [-0.3, -0.25) is 23.7 Å². The third-order valence-electron chi connectivity index (χ3n) is 14.3. The Morgan fingerprint density at radius 1 is 0.870 bits per heavy atom. The van der Waals surface area contributed by atoms with E-state index in [0.29, 0.717) is 41.3 Å². The maximum atomic E-state index is 14.0. The predicted octanol–water partition coefficient (Wildman–Crippen LogP) is 6.39. The van der Waals surface area contributed by atoms with Gasteiger partial charge in [0.1, 0.15) is 30.0 Å². The number of imidazole rings is 1. The van der Waals surface area contributed by atoms with Gasteiger partial charge in [-0.05, 0) is 103 Å². The number of amides is 4. The van der Waals surface area contributed by atoms with Gasteiger partial charge >= 0.3 is 0 Å². The first-order valence-corrected chi connectivity index (χ1v) is 27.0. The Balaban J connectivity index is 0.706. The molecular weight excluding hydrogens is 995 g/mol. The molecule has 18 nitrogen and oxygen atoms in total. The van der Waals surface area contributed by atoms with E-state index in [2.05, 4.69) is 50.2 Å². The van der Waals surface area contributed by atoms with Crippen LogP contribution in [0.2, 0.25) is 0 Å². The number of aryl methyl sites for hydroxylation is 2. The summed E-state index contributed by atoms with van der Waals surface area (Å²) < 4.78 is 13.2. The van der Waals surface area contributed by atoms with Gasteiger partial charge in [0.15, 0.2) is 11.5 Å². The fraction of sp³-hybridized carbons (Fsp3) is 0.379. The van der Waals surface area contributed by atoms with E-state index in [4.69, 9.17) is 30.9 Å². The standard InChI is InChI=1S/C58H67N11O7S/c1-36-50(77-35-64-36)39-14-11-38(12-15-39)32-63-55(73)47-31-43(70)33-68(47)56(74)51(57(2,3)4)67-49(72)34-76-29-28-75-27-26-61-48(71)22-13-37-8-5-9-40(30-37)45-20-21-46-54(65-45)69(53(66-46)44-10-6-25-62-52(44)59)42-18-16-41(17-19-42)58(60)23-7-24-58/h5-6,8-12,14-21,25,30,35,43,47,51,70H,7,13,22-24,26-29,31-34,60H2,1-4H3,(H2,59,62)(H,61,71)(H,63,73)(H,67,72)/t43-,47+,51-/m1/s1. The van der Waals surface area contributed by atoms with Crippen molar-refractivity contribution >= 4 is 51.9 Å². The van der Waals surface area contributed by atoms with Crippen LogP contribution in [0, 0.1) is 12.3 Å². The summed E-state index contributed by atoms with van der Waals surface area (Å²) in [7, 11) is 0. The number of β-amino-alcohol motifs (C(OH)–C–C–N with tert-alkyl or cyclic N) is 1. The number of anilines is 1. The smallest absolute Gasteiger partial charge is 0.246 e. The van der Waals surface area contributed by atoms with Crippen molar-refractivity contribution < 1.29 is 33.8 Å². The lowest BCUT2D eigenvalue weighted by Crippen LogP contribution is -2.58. The number of nitrogen functional groups attached to an aromatic ring is 1. The molecule has 2 aliphatic rings. The minimum Gasteiger partial charge on any atom is -0.391 e. The number of ether oxygens (including phenoxy) is 2. The lowest BCUT2D eigenvalue weighted by molar-refractivity contribution is -0.144. The van der Waals surface area contributed by atoms with E-state index >= 15 is 0 Å². The van der Waals surface area contributed by atoms with Gasteiger partial charge in [0.25, 0.3) is 0 Å². The molecule has 1 saturated heterocycles. The molecule has 0 unspecified atom stereocenters. The van der Waals surface area contributed by atoms with Crippen LogP contribution in [0.4, 0.5) is 5.82 Å². The van der Waals surface area contributed by atoms with Gasteiger partial charge in [0.2, 0.25) is 23.6 Å². The topological polar surface area (TPSA) is 255 Å². The Kier molecular flexibility index (Phi) is 16.8. The zero-order valence-electron chi connectivity index (χ0n) is 44.0. The van der Waals surface area contributed by atoms with Gasteiger partial charge in [-0.15, -0.1) is 11.3 Å². The highest BCUT2D eigenvalue weighted by molar-refractivity contribution is 7.13. The Bertz CT molecular complexity index is 3220. The van der Waals surface area contributed by atoms with Crippen LogP contribution >= 0.6 is 11.3 Å². The molecule has 0 radical (unpaired) electrons. The molecule has 4 aromatic heterocycles. The first kappa shape index (κ1) is 54.4. The molecule has 8 N–H and O–H groups in total. The first-order valence-electron chi connectivity index (χ1n) is 26.1. The van der Waals surface area contributed by atoms with E-state index in [1.54, 1.807) is 17.5 Å². The number of pyridine rings is 2. The van der Waals surface area contributed by atoms with Crippen molar-refractivity contribution in [1.29, 1.82) is 0 Å². The molecule has 3 atom stereocenters. The molecule has 1 saturated carbocycles. The summed E-state index contributed by atoms with van der Waals surface area (Å²) in [5, 5.41) is 19.2. The lowest BCUT2D eigenvalue weighted by atomic mass is 9.73. The van der Waals surface area contributed by atoms with Crippen LogP contribution < -0.4 is 27.4 Å². The zero-order chi connectivity index (χ0) is 54.3. The highest BCUT2D eigenvalue weighted by atomic mass is 32.1. The number of nitrogens with zero attached hydrogens (tertiary/aromatic N) is 6. The van der Waals surface area contributed by atoms with Crippen LogP contribution in [-0.2, 0) is 47.2 Å². The van der Waals surface area contributed by atoms with Crippen LogP contribution in [0.5, 0.6) is 0 Å². The number of hydrogen-bond acceptors (Lipinski definition) is 14. The van der Waals surface area contributed by atoms with E-state index < -0.39 is 35.4 Å². The van der Waals surface area contributed by atoms with Crippen molar-refractivity contribution in [3.05, 3.63) is 131 Å². The number of hydrogen-bond donors (Lipinski definition) is 6.